The Bertz CT molecular complexity index is 863. The van der Waals surface area contributed by atoms with Crippen LogP contribution in [0.3, 0.4) is 0 Å². The fourth-order valence-corrected chi connectivity index (χ4v) is 2.83. The number of benzene rings is 2. The summed E-state index contributed by atoms with van der Waals surface area (Å²) in [6.45, 7) is 1.37. The second-order valence-corrected chi connectivity index (χ2v) is 6.45. The SMILES string of the molecule is COc1ccc(CCNC(=O)c2ccc(NCCc3ccccc3)nc2)cc1. The number of rotatable bonds is 9. The number of hydrogen-bond donors (Lipinski definition) is 2. The zero-order chi connectivity index (χ0) is 19.6. The Balaban J connectivity index is 1.41. The van der Waals surface area contributed by atoms with Crippen LogP contribution in [-0.2, 0) is 12.8 Å². The summed E-state index contributed by atoms with van der Waals surface area (Å²) in [5, 5.41) is 6.21. The van der Waals surface area contributed by atoms with Crippen LogP contribution in [0.2, 0.25) is 0 Å². The number of carbonyl (C=O) groups is 1. The van der Waals surface area contributed by atoms with E-state index in [9.17, 15) is 4.79 Å². The first-order chi connectivity index (χ1) is 13.7. The number of anilines is 1. The van der Waals surface area contributed by atoms with Crippen LogP contribution in [0.1, 0.15) is 21.5 Å². The monoisotopic (exact) mass is 375 g/mol. The van der Waals surface area contributed by atoms with Gasteiger partial charge in [0.25, 0.3) is 5.91 Å². The number of nitrogens with zero attached hydrogens (tertiary/aromatic N) is 1. The van der Waals surface area contributed by atoms with Gasteiger partial charge in [0.2, 0.25) is 0 Å². The van der Waals surface area contributed by atoms with Gasteiger partial charge < -0.3 is 15.4 Å². The molecule has 0 aliphatic carbocycles. The normalized spacial score (nSPS) is 10.3. The van der Waals surface area contributed by atoms with E-state index in [0.29, 0.717) is 12.1 Å². The molecule has 0 radical (unpaired) electrons. The molecule has 0 saturated carbocycles. The fraction of sp³-hybridized carbons (Fsp3) is 0.217. The van der Waals surface area contributed by atoms with Gasteiger partial charge in [0, 0.05) is 19.3 Å². The van der Waals surface area contributed by atoms with Crippen molar-refractivity contribution in [3.05, 3.63) is 89.6 Å². The molecule has 28 heavy (non-hydrogen) atoms. The lowest BCUT2D eigenvalue weighted by Gasteiger charge is -2.08. The number of aromatic nitrogens is 1. The summed E-state index contributed by atoms with van der Waals surface area (Å²) in [6.07, 6.45) is 3.30. The Hall–Kier alpha value is -3.34. The van der Waals surface area contributed by atoms with Gasteiger partial charge in [-0.3, -0.25) is 4.79 Å². The van der Waals surface area contributed by atoms with E-state index in [1.54, 1.807) is 19.4 Å². The number of pyridine rings is 1. The van der Waals surface area contributed by atoms with Crippen molar-refractivity contribution in [3.8, 4) is 5.75 Å². The highest BCUT2D eigenvalue weighted by Crippen LogP contribution is 2.11. The average molecular weight is 375 g/mol. The van der Waals surface area contributed by atoms with Crippen molar-refractivity contribution in [2.45, 2.75) is 12.8 Å². The number of hydrogen-bond acceptors (Lipinski definition) is 4. The average Bonchev–Trinajstić information content (AvgIpc) is 2.75. The molecular formula is C23H25N3O2. The maximum Gasteiger partial charge on any atom is 0.252 e. The molecule has 1 amide bonds. The van der Waals surface area contributed by atoms with Gasteiger partial charge in [-0.1, -0.05) is 42.5 Å². The third-order valence-corrected chi connectivity index (χ3v) is 4.45. The molecule has 5 heteroatoms. The molecule has 0 fully saturated rings. The molecule has 3 rings (SSSR count). The van der Waals surface area contributed by atoms with Gasteiger partial charge in [-0.15, -0.1) is 0 Å². The van der Waals surface area contributed by atoms with E-state index in [0.717, 1.165) is 36.5 Å². The molecule has 5 nitrogen and oxygen atoms in total. The van der Waals surface area contributed by atoms with E-state index in [1.165, 1.54) is 5.56 Å². The van der Waals surface area contributed by atoms with Crippen molar-refractivity contribution in [2.24, 2.45) is 0 Å². The minimum Gasteiger partial charge on any atom is -0.497 e. The lowest BCUT2D eigenvalue weighted by molar-refractivity contribution is 0.0954. The van der Waals surface area contributed by atoms with Gasteiger partial charge in [-0.2, -0.15) is 0 Å². The molecule has 0 unspecified atom stereocenters. The Morgan fingerprint density at radius 3 is 2.29 bits per heavy atom. The Morgan fingerprint density at radius 1 is 0.893 bits per heavy atom. The van der Waals surface area contributed by atoms with E-state index in [1.807, 2.05) is 48.5 Å². The van der Waals surface area contributed by atoms with E-state index >= 15 is 0 Å². The van der Waals surface area contributed by atoms with Gasteiger partial charge in [0.15, 0.2) is 0 Å². The smallest absolute Gasteiger partial charge is 0.252 e. The number of methoxy groups -OCH3 is 1. The summed E-state index contributed by atoms with van der Waals surface area (Å²) >= 11 is 0. The predicted molar refractivity (Wildman–Crippen MR) is 112 cm³/mol. The second-order valence-electron chi connectivity index (χ2n) is 6.45. The van der Waals surface area contributed by atoms with Crippen molar-refractivity contribution in [1.29, 1.82) is 0 Å². The topological polar surface area (TPSA) is 63.2 Å². The summed E-state index contributed by atoms with van der Waals surface area (Å²) in [7, 11) is 1.65. The third-order valence-electron chi connectivity index (χ3n) is 4.45. The molecule has 1 aromatic heterocycles. The van der Waals surface area contributed by atoms with E-state index in [-0.39, 0.29) is 5.91 Å². The van der Waals surface area contributed by atoms with Crippen molar-refractivity contribution in [1.82, 2.24) is 10.3 Å². The molecule has 144 valence electrons. The van der Waals surface area contributed by atoms with Gasteiger partial charge in [-0.05, 0) is 48.2 Å². The maximum atomic E-state index is 12.3. The first-order valence-corrected chi connectivity index (χ1v) is 9.39. The van der Waals surface area contributed by atoms with Crippen LogP contribution < -0.4 is 15.4 Å². The highest BCUT2D eigenvalue weighted by molar-refractivity contribution is 5.94. The summed E-state index contributed by atoms with van der Waals surface area (Å²) in [5.74, 6) is 1.49. The molecular weight excluding hydrogens is 350 g/mol. The summed E-state index contributed by atoms with van der Waals surface area (Å²) in [5.41, 5.74) is 2.99. The van der Waals surface area contributed by atoms with Crippen molar-refractivity contribution >= 4 is 11.7 Å². The Morgan fingerprint density at radius 2 is 1.61 bits per heavy atom. The van der Waals surface area contributed by atoms with Crippen LogP contribution in [-0.4, -0.2) is 31.1 Å². The van der Waals surface area contributed by atoms with Crippen molar-refractivity contribution in [3.63, 3.8) is 0 Å². The maximum absolute atomic E-state index is 12.3. The molecule has 1 heterocycles. The van der Waals surface area contributed by atoms with Gasteiger partial charge in [-0.25, -0.2) is 4.98 Å². The number of ether oxygens (including phenoxy) is 1. The van der Waals surface area contributed by atoms with Crippen LogP contribution in [0, 0.1) is 0 Å². The number of nitrogens with one attached hydrogen (secondary N) is 2. The van der Waals surface area contributed by atoms with E-state index in [4.69, 9.17) is 4.74 Å². The fourth-order valence-electron chi connectivity index (χ4n) is 2.83. The second kappa shape index (κ2) is 10.1. The van der Waals surface area contributed by atoms with Crippen LogP contribution in [0.5, 0.6) is 5.75 Å². The van der Waals surface area contributed by atoms with Crippen molar-refractivity contribution in [2.75, 3.05) is 25.5 Å². The minimum absolute atomic E-state index is 0.114. The van der Waals surface area contributed by atoms with Gasteiger partial charge in [0.1, 0.15) is 11.6 Å². The molecule has 0 atom stereocenters. The molecule has 2 aromatic carbocycles. The molecule has 0 aliphatic heterocycles. The lowest BCUT2D eigenvalue weighted by Crippen LogP contribution is -2.25. The molecule has 0 saturated heterocycles. The summed E-state index contributed by atoms with van der Waals surface area (Å²) < 4.78 is 5.14. The molecule has 2 N–H and O–H groups in total. The van der Waals surface area contributed by atoms with Gasteiger partial charge >= 0.3 is 0 Å². The first kappa shape index (κ1) is 19.4. The molecule has 3 aromatic rings. The standard InChI is InChI=1S/C23H25N3O2/c1-28-21-10-7-19(8-11-21)14-16-25-23(27)20-9-12-22(26-17-20)24-15-13-18-5-3-2-4-6-18/h2-12,17H,13-16H2,1H3,(H,24,26)(H,25,27). The zero-order valence-corrected chi connectivity index (χ0v) is 16.0. The Kier molecular flexibility index (Phi) is 7.01. The van der Waals surface area contributed by atoms with E-state index < -0.39 is 0 Å². The van der Waals surface area contributed by atoms with E-state index in [2.05, 4.69) is 27.8 Å². The summed E-state index contributed by atoms with van der Waals surface area (Å²) in [6, 6.07) is 21.8. The highest BCUT2D eigenvalue weighted by atomic mass is 16.5. The highest BCUT2D eigenvalue weighted by Gasteiger charge is 2.06. The minimum atomic E-state index is -0.114. The van der Waals surface area contributed by atoms with Gasteiger partial charge in [0.05, 0.1) is 12.7 Å². The van der Waals surface area contributed by atoms with Crippen LogP contribution in [0.4, 0.5) is 5.82 Å². The van der Waals surface area contributed by atoms with Crippen LogP contribution in [0.25, 0.3) is 0 Å². The first-order valence-electron chi connectivity index (χ1n) is 9.39. The quantitative estimate of drug-likeness (QED) is 0.598. The molecule has 0 spiro atoms. The van der Waals surface area contributed by atoms with Crippen LogP contribution in [0.15, 0.2) is 72.9 Å². The zero-order valence-electron chi connectivity index (χ0n) is 16.0. The van der Waals surface area contributed by atoms with Crippen molar-refractivity contribution < 1.29 is 9.53 Å². The predicted octanol–water partition coefficient (Wildman–Crippen LogP) is 3.72. The molecule has 0 bridgehead atoms. The number of amides is 1. The number of carbonyl (C=O) groups excluding carboxylic acids is 1. The van der Waals surface area contributed by atoms with Crippen LogP contribution >= 0.6 is 0 Å². The largest absolute Gasteiger partial charge is 0.497 e. The molecule has 0 aliphatic rings. The lowest BCUT2D eigenvalue weighted by atomic mass is 10.1. The summed E-state index contributed by atoms with van der Waals surface area (Å²) in [4.78, 5) is 16.6. The Labute approximate surface area is 165 Å². The third kappa shape index (κ3) is 5.84.